The molecular weight excluding hydrogens is 308 g/mol. The smallest absolute Gasteiger partial charge is 0.329 e. The molecule has 24 heavy (non-hydrogen) atoms. The maximum atomic E-state index is 12.4. The summed E-state index contributed by atoms with van der Waals surface area (Å²) in [6.45, 7) is 6.73. The Bertz CT molecular complexity index is 789. The molecule has 0 aliphatic carbocycles. The topological polar surface area (TPSA) is 85.1 Å². The Hall–Kier alpha value is -2.57. The summed E-state index contributed by atoms with van der Waals surface area (Å²) < 4.78 is 3.12. The Morgan fingerprint density at radius 2 is 1.62 bits per heavy atom. The summed E-state index contributed by atoms with van der Waals surface area (Å²) in [7, 11) is 0. The number of hydrogen-bond acceptors (Lipinski definition) is 3. The zero-order chi connectivity index (χ0) is 17.7. The number of nitrogens with zero attached hydrogens (tertiary/aromatic N) is 2. The fraction of sp³-hybridized carbons (Fsp3) is 0.471. The van der Waals surface area contributed by atoms with Crippen LogP contribution in [0.4, 0.5) is 0 Å². The van der Waals surface area contributed by atoms with Gasteiger partial charge in [0.1, 0.15) is 6.54 Å². The van der Waals surface area contributed by atoms with Gasteiger partial charge < -0.3 is 10.6 Å². The summed E-state index contributed by atoms with van der Waals surface area (Å²) in [5.74, 6) is -0.388. The lowest BCUT2D eigenvalue weighted by atomic mass is 10.2. The van der Waals surface area contributed by atoms with Crippen LogP contribution in [0, 0.1) is 5.92 Å². The van der Waals surface area contributed by atoms with Gasteiger partial charge >= 0.3 is 5.69 Å². The molecule has 0 spiro atoms. The first-order chi connectivity index (χ1) is 11.5. The van der Waals surface area contributed by atoms with E-state index in [2.05, 4.69) is 10.6 Å². The van der Waals surface area contributed by atoms with Crippen molar-refractivity contribution >= 4 is 22.8 Å². The van der Waals surface area contributed by atoms with E-state index in [1.807, 2.05) is 45.0 Å². The second kappa shape index (κ2) is 7.81. The number of para-hydroxylation sites is 2. The normalized spacial score (nSPS) is 11.0. The number of nitrogens with one attached hydrogen (secondary N) is 2. The third kappa shape index (κ3) is 3.84. The molecule has 2 N–H and O–H groups in total. The van der Waals surface area contributed by atoms with Crippen LogP contribution in [0.1, 0.15) is 20.8 Å². The van der Waals surface area contributed by atoms with Gasteiger partial charge in [0.15, 0.2) is 0 Å². The monoisotopic (exact) mass is 332 g/mol. The zero-order valence-electron chi connectivity index (χ0n) is 14.3. The molecule has 0 saturated carbocycles. The molecule has 1 heterocycles. The van der Waals surface area contributed by atoms with E-state index in [1.54, 1.807) is 4.57 Å². The number of imidazole rings is 1. The molecule has 0 fully saturated rings. The van der Waals surface area contributed by atoms with Gasteiger partial charge in [0.2, 0.25) is 11.8 Å². The van der Waals surface area contributed by atoms with Crippen molar-refractivity contribution in [2.75, 3.05) is 13.1 Å². The maximum Gasteiger partial charge on any atom is 0.329 e. The van der Waals surface area contributed by atoms with Crippen molar-refractivity contribution in [3.63, 3.8) is 0 Å². The average Bonchev–Trinajstić information content (AvgIpc) is 2.83. The summed E-state index contributed by atoms with van der Waals surface area (Å²) in [6, 6.07) is 7.42. The Morgan fingerprint density at radius 3 is 2.21 bits per heavy atom. The summed E-state index contributed by atoms with van der Waals surface area (Å²) >= 11 is 0. The van der Waals surface area contributed by atoms with E-state index in [1.165, 1.54) is 4.57 Å². The predicted molar refractivity (Wildman–Crippen MR) is 92.7 cm³/mol. The average molecular weight is 332 g/mol. The second-order valence-electron chi connectivity index (χ2n) is 5.90. The van der Waals surface area contributed by atoms with Gasteiger partial charge in [-0.25, -0.2) is 4.79 Å². The van der Waals surface area contributed by atoms with Crippen LogP contribution >= 0.6 is 0 Å². The molecule has 1 aromatic heterocycles. The molecule has 7 nitrogen and oxygen atoms in total. The van der Waals surface area contributed by atoms with Gasteiger partial charge in [-0.05, 0) is 19.1 Å². The molecule has 130 valence electrons. The highest BCUT2D eigenvalue weighted by atomic mass is 16.2. The minimum atomic E-state index is -0.255. The van der Waals surface area contributed by atoms with Gasteiger partial charge in [0.05, 0.1) is 11.0 Å². The Labute approximate surface area is 140 Å². The summed E-state index contributed by atoms with van der Waals surface area (Å²) in [4.78, 5) is 36.0. The first kappa shape index (κ1) is 17.8. The summed E-state index contributed by atoms with van der Waals surface area (Å²) in [6.07, 6.45) is 0. The molecule has 2 aromatic rings. The van der Waals surface area contributed by atoms with Crippen LogP contribution < -0.4 is 16.3 Å². The van der Waals surface area contributed by atoms with Crippen molar-refractivity contribution in [3.05, 3.63) is 34.7 Å². The summed E-state index contributed by atoms with van der Waals surface area (Å²) in [5, 5.41) is 5.45. The van der Waals surface area contributed by atoms with Gasteiger partial charge in [0, 0.05) is 25.6 Å². The zero-order valence-corrected chi connectivity index (χ0v) is 14.3. The second-order valence-corrected chi connectivity index (χ2v) is 5.90. The van der Waals surface area contributed by atoms with Gasteiger partial charge in [-0.1, -0.05) is 26.0 Å². The fourth-order valence-corrected chi connectivity index (χ4v) is 2.52. The van der Waals surface area contributed by atoms with E-state index in [0.29, 0.717) is 19.6 Å². The number of fused-ring (bicyclic) bond motifs is 1. The van der Waals surface area contributed by atoms with E-state index in [9.17, 15) is 14.4 Å². The van der Waals surface area contributed by atoms with Crippen LogP contribution in [-0.2, 0) is 22.7 Å². The number of aromatic nitrogens is 2. The molecule has 2 rings (SSSR count). The fourth-order valence-electron chi connectivity index (χ4n) is 2.52. The Balaban J connectivity index is 2.00. The van der Waals surface area contributed by atoms with Crippen molar-refractivity contribution in [1.29, 1.82) is 0 Å². The number of carbonyl (C=O) groups is 2. The van der Waals surface area contributed by atoms with Crippen LogP contribution in [0.25, 0.3) is 11.0 Å². The predicted octanol–water partition coefficient (Wildman–Crippen LogP) is 0.711. The number of carbonyl (C=O) groups excluding carboxylic acids is 2. The largest absolute Gasteiger partial charge is 0.354 e. The van der Waals surface area contributed by atoms with Crippen LogP contribution in [0.3, 0.4) is 0 Å². The highest BCUT2D eigenvalue weighted by Crippen LogP contribution is 2.12. The Kier molecular flexibility index (Phi) is 5.78. The van der Waals surface area contributed by atoms with E-state index in [4.69, 9.17) is 0 Å². The summed E-state index contributed by atoms with van der Waals surface area (Å²) in [5.41, 5.74) is 1.37. The lowest BCUT2D eigenvalue weighted by Gasteiger charge is -2.09. The van der Waals surface area contributed by atoms with Gasteiger partial charge in [-0.15, -0.1) is 0 Å². The standard InChI is InChI=1S/C17H24N4O3/c1-4-20-13-7-5-6-8-14(13)21(17(20)24)11-15(22)18-9-10-19-16(23)12(2)3/h5-8,12H,4,9-11H2,1-3H3,(H,18,22)(H,19,23). The molecule has 0 bridgehead atoms. The number of hydrogen-bond donors (Lipinski definition) is 2. The molecule has 1 aromatic carbocycles. The molecule has 0 saturated heterocycles. The van der Waals surface area contributed by atoms with Crippen molar-refractivity contribution in [1.82, 2.24) is 19.8 Å². The minimum absolute atomic E-state index is 0.0372. The minimum Gasteiger partial charge on any atom is -0.354 e. The van der Waals surface area contributed by atoms with E-state index < -0.39 is 0 Å². The van der Waals surface area contributed by atoms with Crippen molar-refractivity contribution in [2.45, 2.75) is 33.9 Å². The van der Waals surface area contributed by atoms with Crippen molar-refractivity contribution < 1.29 is 9.59 Å². The van der Waals surface area contributed by atoms with Crippen molar-refractivity contribution in [2.24, 2.45) is 5.92 Å². The van der Waals surface area contributed by atoms with Gasteiger partial charge in [0.25, 0.3) is 0 Å². The third-order valence-corrected chi connectivity index (χ3v) is 3.81. The Morgan fingerprint density at radius 1 is 1.04 bits per heavy atom. The molecule has 7 heteroatoms. The van der Waals surface area contributed by atoms with Crippen LogP contribution in [-0.4, -0.2) is 34.0 Å². The highest BCUT2D eigenvalue weighted by Gasteiger charge is 2.14. The molecule has 0 aliphatic rings. The van der Waals surface area contributed by atoms with Gasteiger partial charge in [-0.2, -0.15) is 0 Å². The number of amides is 2. The number of benzene rings is 1. The number of rotatable bonds is 7. The SMILES string of the molecule is CCn1c(=O)n(CC(=O)NCCNC(=O)C(C)C)c2ccccc21. The molecule has 0 aliphatic heterocycles. The maximum absolute atomic E-state index is 12.4. The molecular formula is C17H24N4O3. The quantitative estimate of drug-likeness (QED) is 0.732. The molecule has 0 unspecified atom stereocenters. The van der Waals surface area contributed by atoms with Gasteiger partial charge in [-0.3, -0.25) is 18.7 Å². The first-order valence-electron chi connectivity index (χ1n) is 8.18. The van der Waals surface area contributed by atoms with E-state index >= 15 is 0 Å². The number of aryl methyl sites for hydroxylation is 1. The molecule has 0 radical (unpaired) electrons. The molecule has 2 amide bonds. The first-order valence-corrected chi connectivity index (χ1v) is 8.18. The molecule has 0 atom stereocenters. The lowest BCUT2D eigenvalue weighted by molar-refractivity contribution is -0.124. The van der Waals surface area contributed by atoms with Crippen LogP contribution in [0.2, 0.25) is 0 Å². The van der Waals surface area contributed by atoms with Crippen LogP contribution in [0.5, 0.6) is 0 Å². The highest BCUT2D eigenvalue weighted by molar-refractivity contribution is 5.81. The lowest BCUT2D eigenvalue weighted by Crippen LogP contribution is -2.38. The van der Waals surface area contributed by atoms with Crippen LogP contribution in [0.15, 0.2) is 29.1 Å². The van der Waals surface area contributed by atoms with E-state index in [0.717, 1.165) is 11.0 Å². The van der Waals surface area contributed by atoms with E-state index in [-0.39, 0.29) is 30.0 Å². The van der Waals surface area contributed by atoms with Crippen molar-refractivity contribution in [3.8, 4) is 0 Å². The third-order valence-electron chi connectivity index (χ3n) is 3.81.